The van der Waals surface area contributed by atoms with Gasteiger partial charge in [-0.05, 0) is 55.5 Å². The largest absolute Gasteiger partial charge is 0.493 e. The summed E-state index contributed by atoms with van der Waals surface area (Å²) in [5.41, 5.74) is 4.31. The smallest absolute Gasteiger partial charge is 0.354 e. The van der Waals surface area contributed by atoms with Crippen molar-refractivity contribution in [2.24, 2.45) is 0 Å². The highest BCUT2D eigenvalue weighted by Gasteiger charge is 2.28. The van der Waals surface area contributed by atoms with Gasteiger partial charge in [-0.2, -0.15) is 0 Å². The molecule has 2 aromatic heterocycles. The molecular formula is C23H26N2O6. The number of hydrogen-bond donors (Lipinski definition) is 0. The summed E-state index contributed by atoms with van der Waals surface area (Å²) in [7, 11) is 4.72. The van der Waals surface area contributed by atoms with Crippen LogP contribution in [0.1, 0.15) is 40.5 Å². The molecule has 0 amide bonds. The second-order valence-electron chi connectivity index (χ2n) is 7.28. The second kappa shape index (κ2) is 8.75. The summed E-state index contributed by atoms with van der Waals surface area (Å²) in [6, 6.07) is 5.66. The standard InChI is InChI=1S/C23H26N2O6/c1-5-30-23(26)17-11-15-7-6-8-16-12-24-31-21(16)20(15)25(17)13-14-9-18(27-2)22(29-4)19(10-14)28-3/h9-12H,5-8,13H2,1-4H3. The molecule has 0 bridgehead atoms. The first kappa shape index (κ1) is 20.8. The molecule has 2 heterocycles. The quantitative estimate of drug-likeness (QED) is 0.530. The number of carbonyl (C=O) groups excluding carboxylic acids is 1. The molecule has 0 spiro atoms. The van der Waals surface area contributed by atoms with Crippen LogP contribution in [-0.2, 0) is 24.1 Å². The Morgan fingerprint density at radius 1 is 1.06 bits per heavy atom. The summed E-state index contributed by atoms with van der Waals surface area (Å²) >= 11 is 0. The van der Waals surface area contributed by atoms with E-state index in [1.54, 1.807) is 34.4 Å². The molecule has 8 nitrogen and oxygen atoms in total. The Labute approximate surface area is 180 Å². The van der Waals surface area contributed by atoms with Crippen molar-refractivity contribution in [2.75, 3.05) is 27.9 Å². The van der Waals surface area contributed by atoms with Gasteiger partial charge < -0.3 is 28.0 Å². The zero-order valence-electron chi connectivity index (χ0n) is 18.2. The first-order chi connectivity index (χ1) is 15.1. The third-order valence-electron chi connectivity index (χ3n) is 5.48. The number of aryl methyl sites for hydroxylation is 2. The van der Waals surface area contributed by atoms with Gasteiger partial charge in [-0.25, -0.2) is 4.79 Å². The number of esters is 1. The van der Waals surface area contributed by atoms with Crippen molar-refractivity contribution in [1.82, 2.24) is 9.72 Å². The Morgan fingerprint density at radius 2 is 1.77 bits per heavy atom. The molecule has 1 aromatic carbocycles. The topological polar surface area (TPSA) is 85.0 Å². The van der Waals surface area contributed by atoms with Gasteiger partial charge in [-0.15, -0.1) is 0 Å². The Morgan fingerprint density at radius 3 is 2.42 bits per heavy atom. The maximum atomic E-state index is 12.8. The van der Waals surface area contributed by atoms with Gasteiger partial charge in [0.25, 0.3) is 0 Å². The summed E-state index contributed by atoms with van der Waals surface area (Å²) < 4.78 is 29.3. The molecule has 1 aliphatic carbocycles. The highest BCUT2D eigenvalue weighted by Crippen LogP contribution is 2.40. The van der Waals surface area contributed by atoms with Crippen molar-refractivity contribution in [3.63, 3.8) is 0 Å². The number of hydrogen-bond acceptors (Lipinski definition) is 7. The number of nitrogens with zero attached hydrogens (tertiary/aromatic N) is 2. The predicted octanol–water partition coefficient (Wildman–Crippen LogP) is 3.88. The van der Waals surface area contributed by atoms with Crippen LogP contribution in [0.3, 0.4) is 0 Å². The fraction of sp³-hybridized carbons (Fsp3) is 0.391. The molecule has 0 radical (unpaired) electrons. The van der Waals surface area contributed by atoms with Crippen molar-refractivity contribution in [2.45, 2.75) is 32.7 Å². The van der Waals surface area contributed by atoms with E-state index >= 15 is 0 Å². The zero-order valence-corrected chi connectivity index (χ0v) is 18.2. The molecule has 4 rings (SSSR count). The van der Waals surface area contributed by atoms with Crippen molar-refractivity contribution in [1.29, 1.82) is 0 Å². The van der Waals surface area contributed by atoms with Gasteiger partial charge in [0.1, 0.15) is 5.69 Å². The summed E-state index contributed by atoms with van der Waals surface area (Å²) in [6.07, 6.45) is 4.43. The van der Waals surface area contributed by atoms with Crippen LogP contribution in [0.5, 0.6) is 17.2 Å². The normalized spacial score (nSPS) is 12.5. The molecule has 31 heavy (non-hydrogen) atoms. The van der Waals surface area contributed by atoms with Gasteiger partial charge >= 0.3 is 5.97 Å². The Bertz CT molecular complexity index is 1070. The van der Waals surface area contributed by atoms with Crippen LogP contribution in [0, 0.1) is 0 Å². The monoisotopic (exact) mass is 426 g/mol. The second-order valence-corrected chi connectivity index (χ2v) is 7.28. The van der Waals surface area contributed by atoms with Crippen LogP contribution in [0.2, 0.25) is 0 Å². The molecule has 0 unspecified atom stereocenters. The van der Waals surface area contributed by atoms with Gasteiger partial charge in [-0.1, -0.05) is 5.16 Å². The van der Waals surface area contributed by atoms with Gasteiger partial charge in [0.05, 0.1) is 39.8 Å². The molecule has 0 N–H and O–H groups in total. The van der Waals surface area contributed by atoms with E-state index in [4.69, 9.17) is 23.5 Å². The predicted molar refractivity (Wildman–Crippen MR) is 113 cm³/mol. The van der Waals surface area contributed by atoms with E-state index in [9.17, 15) is 4.79 Å². The van der Waals surface area contributed by atoms with E-state index < -0.39 is 0 Å². The summed E-state index contributed by atoms with van der Waals surface area (Å²) in [5, 5.41) is 4.00. The molecule has 164 valence electrons. The van der Waals surface area contributed by atoms with Crippen LogP contribution >= 0.6 is 0 Å². The van der Waals surface area contributed by atoms with Crippen LogP contribution < -0.4 is 14.2 Å². The van der Waals surface area contributed by atoms with E-state index in [0.717, 1.165) is 41.6 Å². The summed E-state index contributed by atoms with van der Waals surface area (Å²) in [6.45, 7) is 2.48. The molecule has 0 fully saturated rings. The number of aromatic nitrogens is 2. The van der Waals surface area contributed by atoms with E-state index in [1.165, 1.54) is 0 Å². The molecule has 0 saturated carbocycles. The van der Waals surface area contributed by atoms with Gasteiger partial charge in [-0.3, -0.25) is 0 Å². The molecule has 3 aromatic rings. The van der Waals surface area contributed by atoms with Crippen LogP contribution in [0.4, 0.5) is 0 Å². The minimum absolute atomic E-state index is 0.298. The first-order valence-electron chi connectivity index (χ1n) is 10.2. The molecule has 0 aliphatic heterocycles. The maximum absolute atomic E-state index is 12.8. The van der Waals surface area contributed by atoms with E-state index in [0.29, 0.717) is 41.9 Å². The molecule has 0 atom stereocenters. The summed E-state index contributed by atoms with van der Waals surface area (Å²) in [5.74, 6) is 1.95. The summed E-state index contributed by atoms with van der Waals surface area (Å²) in [4.78, 5) is 12.8. The lowest BCUT2D eigenvalue weighted by molar-refractivity contribution is 0.0514. The SMILES string of the molecule is CCOC(=O)c1cc2c(n1Cc1cc(OC)c(OC)c(OC)c1)-c1oncc1CCC2. The Kier molecular flexibility index (Phi) is 5.88. The van der Waals surface area contributed by atoms with E-state index in [1.807, 2.05) is 22.8 Å². The van der Waals surface area contributed by atoms with Crippen molar-refractivity contribution >= 4 is 5.97 Å². The lowest BCUT2D eigenvalue weighted by Crippen LogP contribution is -2.14. The highest BCUT2D eigenvalue weighted by molar-refractivity contribution is 5.90. The van der Waals surface area contributed by atoms with Crippen molar-refractivity contribution in [3.8, 4) is 28.7 Å². The minimum Gasteiger partial charge on any atom is -0.493 e. The number of carbonyl (C=O) groups is 1. The van der Waals surface area contributed by atoms with Gasteiger partial charge in [0.2, 0.25) is 5.75 Å². The Hall–Kier alpha value is -3.42. The fourth-order valence-electron chi connectivity index (χ4n) is 4.11. The molecule has 0 saturated heterocycles. The number of benzene rings is 1. The third-order valence-corrected chi connectivity index (χ3v) is 5.48. The molecular weight excluding hydrogens is 400 g/mol. The van der Waals surface area contributed by atoms with Crippen molar-refractivity contribution in [3.05, 3.63) is 46.8 Å². The highest BCUT2D eigenvalue weighted by atomic mass is 16.5. The van der Waals surface area contributed by atoms with Crippen LogP contribution in [0.25, 0.3) is 11.5 Å². The average molecular weight is 426 g/mol. The number of methoxy groups -OCH3 is 3. The van der Waals surface area contributed by atoms with Crippen LogP contribution in [-0.4, -0.2) is 43.6 Å². The fourth-order valence-corrected chi connectivity index (χ4v) is 4.11. The zero-order chi connectivity index (χ0) is 22.0. The average Bonchev–Trinajstić information content (AvgIpc) is 3.33. The number of fused-ring (bicyclic) bond motifs is 3. The van der Waals surface area contributed by atoms with Gasteiger partial charge in [0.15, 0.2) is 17.3 Å². The molecule has 1 aliphatic rings. The maximum Gasteiger partial charge on any atom is 0.354 e. The molecule has 8 heteroatoms. The minimum atomic E-state index is -0.371. The van der Waals surface area contributed by atoms with Gasteiger partial charge in [0, 0.05) is 12.1 Å². The van der Waals surface area contributed by atoms with Crippen molar-refractivity contribution < 1.29 is 28.3 Å². The number of ether oxygens (including phenoxy) is 4. The van der Waals surface area contributed by atoms with E-state index in [2.05, 4.69) is 5.16 Å². The third kappa shape index (κ3) is 3.73. The first-order valence-corrected chi connectivity index (χ1v) is 10.2. The Balaban J connectivity index is 1.87. The lowest BCUT2D eigenvalue weighted by atomic mass is 10.1. The van der Waals surface area contributed by atoms with Crippen LogP contribution in [0.15, 0.2) is 28.9 Å². The lowest BCUT2D eigenvalue weighted by Gasteiger charge is -2.17. The number of rotatable bonds is 7. The van der Waals surface area contributed by atoms with E-state index in [-0.39, 0.29) is 5.97 Å².